The maximum absolute atomic E-state index is 12.3. The molecule has 0 aromatic heterocycles. The van der Waals surface area contributed by atoms with E-state index < -0.39 is 5.97 Å². The number of cyclic esters (lactones) is 1. The number of aryl methyl sites for hydroxylation is 1. The van der Waals surface area contributed by atoms with E-state index in [2.05, 4.69) is 78.5 Å². The van der Waals surface area contributed by atoms with Crippen LogP contribution in [0.2, 0.25) is 0 Å². The van der Waals surface area contributed by atoms with Crippen molar-refractivity contribution >= 4 is 72.4 Å². The van der Waals surface area contributed by atoms with Crippen LogP contribution < -0.4 is 4.74 Å². The van der Waals surface area contributed by atoms with Crippen LogP contribution in [0.3, 0.4) is 0 Å². The summed E-state index contributed by atoms with van der Waals surface area (Å²) in [7, 11) is 0. The number of carbonyl (C=O) groups is 1. The second kappa shape index (κ2) is 9.67. The summed E-state index contributed by atoms with van der Waals surface area (Å²) in [5, 5.41) is 0. The first-order valence-corrected chi connectivity index (χ1v) is 12.0. The Balaban J connectivity index is 1.56. The summed E-state index contributed by atoms with van der Waals surface area (Å²) < 4.78 is 14.0. The van der Waals surface area contributed by atoms with Crippen LogP contribution in [-0.2, 0) is 16.1 Å². The highest BCUT2D eigenvalue weighted by Crippen LogP contribution is 2.36. The molecule has 7 heteroatoms. The number of esters is 1. The van der Waals surface area contributed by atoms with Gasteiger partial charge in [-0.15, -0.1) is 0 Å². The molecule has 0 saturated carbocycles. The molecule has 3 aromatic carbocycles. The van der Waals surface area contributed by atoms with E-state index in [4.69, 9.17) is 9.47 Å². The zero-order valence-corrected chi connectivity index (χ0v) is 21.7. The monoisotopic (exact) mass is 651 g/mol. The number of benzene rings is 3. The van der Waals surface area contributed by atoms with Crippen molar-refractivity contribution in [1.29, 1.82) is 0 Å². The van der Waals surface area contributed by atoms with E-state index in [-0.39, 0.29) is 5.70 Å². The summed E-state index contributed by atoms with van der Waals surface area (Å²) in [4.78, 5) is 16.7. The van der Waals surface area contributed by atoms with E-state index in [0.717, 1.165) is 29.2 Å². The molecule has 0 spiro atoms. The van der Waals surface area contributed by atoms with Crippen molar-refractivity contribution < 1.29 is 14.3 Å². The number of hydrogen-bond acceptors (Lipinski definition) is 4. The Hall–Kier alpha value is -1.97. The zero-order chi connectivity index (χ0) is 22.0. The fourth-order valence-electron chi connectivity index (χ4n) is 3.07. The average Bonchev–Trinajstić information content (AvgIpc) is 3.08. The Morgan fingerprint density at radius 2 is 1.81 bits per heavy atom. The molecular weight excluding hydrogens is 637 g/mol. The molecule has 0 saturated heterocycles. The Morgan fingerprint density at radius 3 is 2.52 bits per heavy atom. The van der Waals surface area contributed by atoms with Crippen LogP contribution in [0.25, 0.3) is 6.08 Å². The minimum absolute atomic E-state index is 0.251. The van der Waals surface area contributed by atoms with E-state index in [0.29, 0.717) is 18.3 Å². The van der Waals surface area contributed by atoms with Gasteiger partial charge in [0.25, 0.3) is 0 Å². The third-order valence-electron chi connectivity index (χ3n) is 4.48. The SMILES string of the molecule is Cc1cccc(COc2c(Br)cc(/C=C3\N=C(c4cccc(I)c4)OC3=O)cc2Br)c1. The predicted octanol–water partition coefficient (Wildman–Crippen LogP) is 7.05. The molecule has 156 valence electrons. The molecule has 0 unspecified atom stereocenters. The molecule has 3 aromatic rings. The van der Waals surface area contributed by atoms with Crippen LogP contribution in [0.4, 0.5) is 0 Å². The van der Waals surface area contributed by atoms with Gasteiger partial charge in [-0.2, -0.15) is 0 Å². The summed E-state index contributed by atoms with van der Waals surface area (Å²) in [6.07, 6.45) is 1.70. The van der Waals surface area contributed by atoms with Crippen LogP contribution in [0.5, 0.6) is 5.75 Å². The molecule has 0 aliphatic carbocycles. The second-order valence-corrected chi connectivity index (χ2v) is 9.89. The summed E-state index contributed by atoms with van der Waals surface area (Å²) >= 11 is 9.35. The Labute approximate surface area is 210 Å². The van der Waals surface area contributed by atoms with Crippen molar-refractivity contribution in [2.45, 2.75) is 13.5 Å². The van der Waals surface area contributed by atoms with Gasteiger partial charge in [0.05, 0.1) is 8.95 Å². The molecule has 1 aliphatic rings. The van der Waals surface area contributed by atoms with Crippen LogP contribution in [0.1, 0.15) is 22.3 Å². The van der Waals surface area contributed by atoms with E-state index in [1.807, 2.05) is 48.5 Å². The largest absolute Gasteiger partial charge is 0.487 e. The molecule has 1 aliphatic heterocycles. The van der Waals surface area contributed by atoms with Crippen molar-refractivity contribution in [3.05, 3.63) is 101 Å². The molecule has 0 atom stereocenters. The molecule has 4 rings (SSSR count). The van der Waals surface area contributed by atoms with Crippen LogP contribution >= 0.6 is 54.5 Å². The van der Waals surface area contributed by atoms with E-state index in [1.165, 1.54) is 5.56 Å². The van der Waals surface area contributed by atoms with Gasteiger partial charge in [0.15, 0.2) is 5.70 Å². The van der Waals surface area contributed by atoms with E-state index in [1.54, 1.807) is 6.08 Å². The molecule has 0 N–H and O–H groups in total. The van der Waals surface area contributed by atoms with Gasteiger partial charge in [-0.05, 0) is 109 Å². The number of nitrogens with zero attached hydrogens (tertiary/aromatic N) is 1. The quantitative estimate of drug-likeness (QED) is 0.169. The first kappa shape index (κ1) is 22.2. The first-order chi connectivity index (χ1) is 14.9. The van der Waals surface area contributed by atoms with Gasteiger partial charge < -0.3 is 9.47 Å². The molecule has 0 radical (unpaired) electrons. The molecular formula is C24H16Br2INO3. The maximum atomic E-state index is 12.3. The molecule has 0 bridgehead atoms. The first-order valence-electron chi connectivity index (χ1n) is 9.35. The van der Waals surface area contributed by atoms with Crippen molar-refractivity contribution in [2.24, 2.45) is 4.99 Å². The third-order valence-corrected chi connectivity index (χ3v) is 6.33. The highest BCUT2D eigenvalue weighted by atomic mass is 127. The molecule has 1 heterocycles. The predicted molar refractivity (Wildman–Crippen MR) is 137 cm³/mol. The summed E-state index contributed by atoms with van der Waals surface area (Å²) in [6.45, 7) is 2.51. The molecule has 0 fully saturated rings. The van der Waals surface area contributed by atoms with Gasteiger partial charge >= 0.3 is 5.97 Å². The fraction of sp³-hybridized carbons (Fsp3) is 0.0833. The summed E-state index contributed by atoms with van der Waals surface area (Å²) in [5.74, 6) is 0.535. The van der Waals surface area contributed by atoms with Crippen molar-refractivity contribution in [1.82, 2.24) is 0 Å². The lowest BCUT2D eigenvalue weighted by molar-refractivity contribution is -0.129. The minimum atomic E-state index is -0.471. The fourth-order valence-corrected chi connectivity index (χ4v) is 5.06. The standard InChI is InChI=1S/C24H16Br2INO3/c1-14-4-2-5-15(8-14)13-30-22-19(25)9-16(10-20(22)26)11-21-24(29)31-23(28-21)17-6-3-7-18(27)12-17/h2-12H,13H2,1H3/b21-11-. The van der Waals surface area contributed by atoms with Gasteiger partial charge in [0.1, 0.15) is 12.4 Å². The number of rotatable bonds is 5. The van der Waals surface area contributed by atoms with Crippen molar-refractivity contribution in [3.63, 3.8) is 0 Å². The summed E-state index contributed by atoms with van der Waals surface area (Å²) in [5.41, 5.74) is 4.10. The number of halogens is 3. The molecule has 0 amide bonds. The maximum Gasteiger partial charge on any atom is 0.363 e. The van der Waals surface area contributed by atoms with Gasteiger partial charge in [0.2, 0.25) is 5.90 Å². The highest BCUT2D eigenvalue weighted by Gasteiger charge is 2.24. The van der Waals surface area contributed by atoms with Gasteiger partial charge in [0, 0.05) is 9.13 Å². The van der Waals surface area contributed by atoms with E-state index in [9.17, 15) is 4.79 Å². The average molecular weight is 653 g/mol. The number of ether oxygens (including phenoxy) is 2. The van der Waals surface area contributed by atoms with Gasteiger partial charge in [-0.3, -0.25) is 0 Å². The van der Waals surface area contributed by atoms with E-state index >= 15 is 0 Å². The Kier molecular flexibility index (Phi) is 6.93. The minimum Gasteiger partial charge on any atom is -0.487 e. The highest BCUT2D eigenvalue weighted by molar-refractivity contribution is 14.1. The Morgan fingerprint density at radius 1 is 1.06 bits per heavy atom. The Bertz CT molecular complexity index is 1210. The van der Waals surface area contributed by atoms with Gasteiger partial charge in [-0.25, -0.2) is 9.79 Å². The zero-order valence-electron chi connectivity index (χ0n) is 16.4. The third kappa shape index (κ3) is 5.45. The lowest BCUT2D eigenvalue weighted by Crippen LogP contribution is -2.05. The smallest absolute Gasteiger partial charge is 0.363 e. The second-order valence-electron chi connectivity index (χ2n) is 6.94. The number of carbonyl (C=O) groups excluding carboxylic acids is 1. The van der Waals surface area contributed by atoms with Crippen molar-refractivity contribution in [3.8, 4) is 5.75 Å². The van der Waals surface area contributed by atoms with Crippen LogP contribution in [0, 0.1) is 10.5 Å². The van der Waals surface area contributed by atoms with Crippen LogP contribution in [-0.4, -0.2) is 11.9 Å². The topological polar surface area (TPSA) is 47.9 Å². The number of hydrogen-bond donors (Lipinski definition) is 0. The van der Waals surface area contributed by atoms with Gasteiger partial charge in [-0.1, -0.05) is 35.9 Å². The lowest BCUT2D eigenvalue weighted by atomic mass is 10.1. The normalized spacial score (nSPS) is 14.5. The lowest BCUT2D eigenvalue weighted by Gasteiger charge is -2.12. The summed E-state index contributed by atoms with van der Waals surface area (Å²) in [6, 6.07) is 19.6. The van der Waals surface area contributed by atoms with Crippen molar-refractivity contribution in [2.75, 3.05) is 0 Å². The molecule has 31 heavy (non-hydrogen) atoms. The van der Waals surface area contributed by atoms with Crippen LogP contribution in [0.15, 0.2) is 80.3 Å². The number of aliphatic imine (C=N–C) groups is 1. The molecule has 4 nitrogen and oxygen atoms in total.